The number of rotatable bonds is 1. The second-order valence-corrected chi connectivity index (χ2v) is 3.89. The normalized spacial score (nSPS) is 9.67. The minimum Gasteiger partial charge on any atom is -0.473 e. The van der Waals surface area contributed by atoms with Crippen molar-refractivity contribution in [1.82, 2.24) is 4.98 Å². The van der Waals surface area contributed by atoms with E-state index in [-0.39, 0.29) is 0 Å². The van der Waals surface area contributed by atoms with Gasteiger partial charge in [-0.25, -0.2) is 0 Å². The lowest BCUT2D eigenvalue weighted by atomic mass is 11.0. The molecule has 0 aliphatic rings. The van der Waals surface area contributed by atoms with Gasteiger partial charge in [-0.05, 0) is 15.9 Å². The predicted molar refractivity (Wildman–Crippen MR) is 41.4 cm³/mol. The molecule has 1 heterocycles. The highest BCUT2D eigenvalue weighted by Crippen LogP contribution is 2.32. The topological polar surface area (TPSA) is 22.1 Å². The second kappa shape index (κ2) is 2.86. The number of nitrogens with zero attached hydrogens (tertiary/aromatic N) is 1. The van der Waals surface area contributed by atoms with Crippen LogP contribution in [0, 0.1) is 0 Å². The zero-order valence-corrected chi connectivity index (χ0v) is 7.68. The predicted octanol–water partition coefficient (Wildman–Crippen LogP) is 2.57. The Morgan fingerprint density at radius 3 is 2.67 bits per heavy atom. The zero-order chi connectivity index (χ0) is 6.85. The molecule has 0 aliphatic heterocycles. The minimum absolute atomic E-state index is 0.455. The van der Waals surface area contributed by atoms with Gasteiger partial charge in [-0.3, -0.25) is 0 Å². The van der Waals surface area contributed by atoms with E-state index in [1.165, 1.54) is 11.3 Å². The first-order valence-corrected chi connectivity index (χ1v) is 4.08. The molecular formula is C4H3BrClNOS. The molecule has 0 aromatic carbocycles. The van der Waals surface area contributed by atoms with E-state index in [4.69, 9.17) is 16.3 Å². The van der Waals surface area contributed by atoms with Crippen LogP contribution in [-0.4, -0.2) is 12.1 Å². The van der Waals surface area contributed by atoms with Crippen molar-refractivity contribution < 1.29 is 4.74 Å². The maximum Gasteiger partial charge on any atom is 0.275 e. The van der Waals surface area contributed by atoms with Gasteiger partial charge in [0.05, 0.1) is 7.11 Å². The largest absolute Gasteiger partial charge is 0.473 e. The summed E-state index contributed by atoms with van der Waals surface area (Å²) in [6, 6.07) is 0. The Morgan fingerprint density at radius 1 is 1.78 bits per heavy atom. The fourth-order valence-corrected chi connectivity index (χ4v) is 1.60. The standard InChI is InChI=1S/C4H3BrClNOS/c1-8-4-7-3(6)2(5)9-4/h1H3. The Hall–Kier alpha value is 0.200. The third kappa shape index (κ3) is 1.56. The lowest BCUT2D eigenvalue weighted by Crippen LogP contribution is -1.77. The molecular weight excluding hydrogens is 225 g/mol. The highest BCUT2D eigenvalue weighted by Gasteiger charge is 2.04. The Labute approximate surface area is 69.9 Å². The van der Waals surface area contributed by atoms with Gasteiger partial charge in [0.15, 0.2) is 5.15 Å². The molecule has 0 spiro atoms. The van der Waals surface area contributed by atoms with E-state index in [0.717, 1.165) is 3.79 Å². The van der Waals surface area contributed by atoms with Crippen LogP contribution >= 0.6 is 38.9 Å². The molecule has 0 saturated carbocycles. The van der Waals surface area contributed by atoms with E-state index < -0.39 is 0 Å². The van der Waals surface area contributed by atoms with Crippen LogP contribution in [0.15, 0.2) is 3.79 Å². The molecule has 0 bridgehead atoms. The van der Waals surface area contributed by atoms with Gasteiger partial charge < -0.3 is 4.74 Å². The molecule has 0 amide bonds. The van der Waals surface area contributed by atoms with Crippen LogP contribution in [0.2, 0.25) is 5.15 Å². The molecule has 0 atom stereocenters. The first-order valence-electron chi connectivity index (χ1n) is 2.10. The maximum absolute atomic E-state index is 5.58. The Bertz CT molecular complexity index is 195. The third-order valence-electron chi connectivity index (χ3n) is 0.703. The van der Waals surface area contributed by atoms with Crippen molar-refractivity contribution in [3.63, 3.8) is 0 Å². The average Bonchev–Trinajstić information content (AvgIpc) is 2.13. The highest BCUT2D eigenvalue weighted by molar-refractivity contribution is 9.11. The van der Waals surface area contributed by atoms with Crippen molar-refractivity contribution >= 4 is 38.9 Å². The van der Waals surface area contributed by atoms with E-state index >= 15 is 0 Å². The Kier molecular flexibility index (Phi) is 2.32. The van der Waals surface area contributed by atoms with Crippen LogP contribution < -0.4 is 4.74 Å². The van der Waals surface area contributed by atoms with Gasteiger partial charge in [-0.15, -0.1) is 0 Å². The van der Waals surface area contributed by atoms with Crippen molar-refractivity contribution in [2.75, 3.05) is 7.11 Å². The molecule has 2 nitrogen and oxygen atoms in total. The first-order chi connectivity index (χ1) is 4.24. The zero-order valence-electron chi connectivity index (χ0n) is 4.52. The molecule has 0 N–H and O–H groups in total. The van der Waals surface area contributed by atoms with Gasteiger partial charge in [0.2, 0.25) is 0 Å². The lowest BCUT2D eigenvalue weighted by molar-refractivity contribution is 0.412. The summed E-state index contributed by atoms with van der Waals surface area (Å²) >= 11 is 10.1. The molecule has 9 heavy (non-hydrogen) atoms. The van der Waals surface area contributed by atoms with Crippen molar-refractivity contribution in [3.8, 4) is 5.19 Å². The number of hydrogen-bond acceptors (Lipinski definition) is 3. The number of thiazole rings is 1. The smallest absolute Gasteiger partial charge is 0.275 e. The Balaban J connectivity index is 2.98. The molecule has 1 aromatic heterocycles. The molecule has 0 saturated heterocycles. The van der Waals surface area contributed by atoms with Crippen molar-refractivity contribution in [2.45, 2.75) is 0 Å². The van der Waals surface area contributed by atoms with Gasteiger partial charge in [0.25, 0.3) is 5.19 Å². The fraction of sp³-hybridized carbons (Fsp3) is 0.250. The molecule has 0 aliphatic carbocycles. The summed E-state index contributed by atoms with van der Waals surface area (Å²) in [7, 11) is 1.56. The Morgan fingerprint density at radius 2 is 2.44 bits per heavy atom. The summed E-state index contributed by atoms with van der Waals surface area (Å²) in [6.45, 7) is 0. The number of hydrogen-bond donors (Lipinski definition) is 0. The summed E-state index contributed by atoms with van der Waals surface area (Å²) in [6.07, 6.45) is 0. The van der Waals surface area contributed by atoms with E-state index in [0.29, 0.717) is 10.3 Å². The quantitative estimate of drug-likeness (QED) is 0.737. The molecule has 5 heteroatoms. The number of methoxy groups -OCH3 is 1. The summed E-state index contributed by atoms with van der Waals surface area (Å²) in [4.78, 5) is 3.84. The van der Waals surface area contributed by atoms with Crippen LogP contribution in [-0.2, 0) is 0 Å². The van der Waals surface area contributed by atoms with Crippen molar-refractivity contribution in [2.24, 2.45) is 0 Å². The van der Waals surface area contributed by atoms with Crippen LogP contribution in [0.3, 0.4) is 0 Å². The van der Waals surface area contributed by atoms with Crippen LogP contribution in [0.25, 0.3) is 0 Å². The van der Waals surface area contributed by atoms with E-state index in [1.54, 1.807) is 7.11 Å². The maximum atomic E-state index is 5.58. The molecule has 0 radical (unpaired) electrons. The van der Waals surface area contributed by atoms with Crippen LogP contribution in [0.1, 0.15) is 0 Å². The average molecular weight is 228 g/mol. The van der Waals surface area contributed by atoms with Crippen molar-refractivity contribution in [1.29, 1.82) is 0 Å². The lowest BCUT2D eigenvalue weighted by Gasteiger charge is -1.84. The van der Waals surface area contributed by atoms with Crippen LogP contribution in [0.5, 0.6) is 5.19 Å². The first kappa shape index (κ1) is 7.31. The third-order valence-corrected chi connectivity index (χ3v) is 2.98. The van der Waals surface area contributed by atoms with Gasteiger partial charge in [-0.2, -0.15) is 4.98 Å². The summed E-state index contributed by atoms with van der Waals surface area (Å²) in [5.41, 5.74) is 0. The molecule has 0 unspecified atom stereocenters. The van der Waals surface area contributed by atoms with Crippen molar-refractivity contribution in [3.05, 3.63) is 8.94 Å². The summed E-state index contributed by atoms with van der Waals surface area (Å²) in [5, 5.41) is 1.03. The highest BCUT2D eigenvalue weighted by atomic mass is 79.9. The molecule has 50 valence electrons. The van der Waals surface area contributed by atoms with Gasteiger partial charge in [0.1, 0.15) is 3.79 Å². The fourth-order valence-electron chi connectivity index (χ4n) is 0.353. The second-order valence-electron chi connectivity index (χ2n) is 1.25. The van der Waals surface area contributed by atoms with Gasteiger partial charge in [-0.1, -0.05) is 22.9 Å². The molecule has 1 aromatic rings. The molecule has 0 fully saturated rings. The number of halogens is 2. The minimum atomic E-state index is 0.455. The molecule has 1 rings (SSSR count). The van der Waals surface area contributed by atoms with E-state index in [1.807, 2.05) is 0 Å². The number of aromatic nitrogens is 1. The SMILES string of the molecule is COc1nc(Cl)c(Br)s1. The van der Waals surface area contributed by atoms with Gasteiger partial charge in [0, 0.05) is 0 Å². The van der Waals surface area contributed by atoms with E-state index in [2.05, 4.69) is 20.9 Å². The van der Waals surface area contributed by atoms with E-state index in [9.17, 15) is 0 Å². The monoisotopic (exact) mass is 227 g/mol. The summed E-state index contributed by atoms with van der Waals surface area (Å²) < 4.78 is 5.62. The van der Waals surface area contributed by atoms with Gasteiger partial charge >= 0.3 is 0 Å². The summed E-state index contributed by atoms with van der Waals surface area (Å²) in [5.74, 6) is 0. The van der Waals surface area contributed by atoms with Crippen LogP contribution in [0.4, 0.5) is 0 Å². The number of ether oxygens (including phenoxy) is 1.